The highest BCUT2D eigenvalue weighted by molar-refractivity contribution is 7.61. The fourth-order valence-corrected chi connectivity index (χ4v) is 8.07. The summed E-state index contributed by atoms with van der Waals surface area (Å²) in [6, 6.07) is 0. The van der Waals surface area contributed by atoms with Crippen LogP contribution in [-0.2, 0) is 63.2 Å². The minimum atomic E-state index is -6.40. The molecule has 0 aromatic carbocycles. The standard InChI is InChI=1S/C6H19O27P7/c7-1-2(27-34(8,9)10)4(28-35(11,12)13)6(31-40(25,26)33-38(20,21)22)5(29-36(14,15)16)3(1)30-39(23,24)32-37(17,18)19/h1-7H,(H,23,24)(H,25,26)(H2,8,9,10)(H2,11,12,13)(H2,14,15,16)(H2,17,18,19)(H2,20,21,22)/t1-,2+,3-,4-,5+,6+/m0/s1. The number of hydrogen-bond acceptors (Lipinski definition) is 15. The third kappa shape index (κ3) is 14.5. The first-order chi connectivity index (χ1) is 17.3. The van der Waals surface area contributed by atoms with Crippen LogP contribution in [0.5, 0.6) is 0 Å². The summed E-state index contributed by atoms with van der Waals surface area (Å²) in [5, 5.41) is 10.5. The highest BCUT2D eigenvalue weighted by Gasteiger charge is 2.61. The molecule has 0 aliphatic heterocycles. The van der Waals surface area contributed by atoms with E-state index >= 15 is 0 Å². The average Bonchev–Trinajstić information content (AvgIpc) is 2.57. The fourth-order valence-electron chi connectivity index (χ4n) is 2.83. The van der Waals surface area contributed by atoms with Crippen molar-refractivity contribution in [3.63, 3.8) is 0 Å². The maximum Gasteiger partial charge on any atom is 0.481 e. The molecule has 0 heterocycles. The summed E-state index contributed by atoms with van der Waals surface area (Å²) in [5.41, 5.74) is 0. The molecule has 1 rings (SSSR count). The zero-order chi connectivity index (χ0) is 31.9. The van der Waals surface area contributed by atoms with Gasteiger partial charge < -0.3 is 63.8 Å². The Kier molecular flexibility index (Phi) is 12.7. The summed E-state index contributed by atoms with van der Waals surface area (Å²) in [6.07, 6.45) is -19.5. The largest absolute Gasteiger partial charge is 0.481 e. The molecule has 2 unspecified atom stereocenters. The van der Waals surface area contributed by atoms with Gasteiger partial charge in [0, 0.05) is 0 Å². The van der Waals surface area contributed by atoms with Gasteiger partial charge >= 0.3 is 54.8 Å². The molecule has 1 aliphatic carbocycles. The van der Waals surface area contributed by atoms with Crippen LogP contribution in [0.3, 0.4) is 0 Å². The average molecular weight is 740 g/mol. The summed E-state index contributed by atoms with van der Waals surface area (Å²) < 4.78 is 108. The molecule has 1 saturated carbocycles. The molecule has 0 bridgehead atoms. The zero-order valence-electron chi connectivity index (χ0n) is 18.1. The first kappa shape index (κ1) is 38.8. The predicted octanol–water partition coefficient (Wildman–Crippen LogP) is -3.02. The minimum Gasteiger partial charge on any atom is -0.387 e. The van der Waals surface area contributed by atoms with E-state index in [0.29, 0.717) is 0 Å². The van der Waals surface area contributed by atoms with Crippen molar-refractivity contribution in [2.75, 3.05) is 0 Å². The fraction of sp³-hybridized carbons (Fsp3) is 1.00. The van der Waals surface area contributed by atoms with Crippen LogP contribution in [0.15, 0.2) is 0 Å². The van der Waals surface area contributed by atoms with E-state index in [2.05, 4.69) is 31.2 Å². The summed E-state index contributed by atoms with van der Waals surface area (Å²) in [7, 11) is -43.0. The van der Waals surface area contributed by atoms with Crippen molar-refractivity contribution in [3.8, 4) is 0 Å². The maximum atomic E-state index is 12.2. The van der Waals surface area contributed by atoms with Crippen molar-refractivity contribution in [2.24, 2.45) is 0 Å². The van der Waals surface area contributed by atoms with E-state index < -0.39 is 91.4 Å². The first-order valence-corrected chi connectivity index (χ1v) is 19.4. The molecular formula is C6H19O27P7. The Morgan fingerprint density at radius 3 is 0.850 bits per heavy atom. The monoisotopic (exact) mass is 740 g/mol. The van der Waals surface area contributed by atoms with Crippen LogP contribution in [0.25, 0.3) is 0 Å². The molecule has 0 saturated heterocycles. The van der Waals surface area contributed by atoms with Gasteiger partial charge in [0.05, 0.1) is 0 Å². The van der Waals surface area contributed by atoms with Crippen LogP contribution in [0.4, 0.5) is 0 Å². The second-order valence-corrected chi connectivity index (χ2v) is 16.0. The van der Waals surface area contributed by atoms with Crippen molar-refractivity contribution < 1.29 is 127 Å². The summed E-state index contributed by atoms with van der Waals surface area (Å²) >= 11 is 0. The molecule has 13 N–H and O–H groups in total. The molecule has 34 heteroatoms. The lowest BCUT2D eigenvalue weighted by molar-refractivity contribution is -0.205. The second kappa shape index (κ2) is 13.0. The van der Waals surface area contributed by atoms with Crippen molar-refractivity contribution in [2.45, 2.75) is 36.6 Å². The van der Waals surface area contributed by atoms with Gasteiger partial charge in [0.1, 0.15) is 36.6 Å². The zero-order valence-corrected chi connectivity index (χ0v) is 24.4. The summed E-state index contributed by atoms with van der Waals surface area (Å²) in [5.74, 6) is 0. The van der Waals surface area contributed by atoms with E-state index in [0.717, 1.165) is 0 Å². The lowest BCUT2D eigenvalue weighted by atomic mass is 9.85. The SMILES string of the molecule is O=P(O)(O)O[C@@H]1[C@@H](OP(=O)(O)OP(=O)(O)O)[C@H](OP(=O)(O)O)[C@@H](OP(=O)(O)OP(=O)(O)O)[C@@H](O)[C@H]1OP(=O)(O)O. The van der Waals surface area contributed by atoms with Crippen LogP contribution in [0.2, 0.25) is 0 Å². The van der Waals surface area contributed by atoms with Gasteiger partial charge in [0.15, 0.2) is 0 Å². The van der Waals surface area contributed by atoms with E-state index in [9.17, 15) is 66.4 Å². The summed E-state index contributed by atoms with van der Waals surface area (Å²) in [4.78, 5) is 109. The first-order valence-electron chi connectivity index (χ1n) is 8.76. The molecule has 8 atom stereocenters. The third-order valence-electron chi connectivity index (χ3n) is 3.67. The molecule has 240 valence electrons. The lowest BCUT2D eigenvalue weighted by Crippen LogP contribution is -2.66. The Morgan fingerprint density at radius 1 is 0.350 bits per heavy atom. The van der Waals surface area contributed by atoms with Gasteiger partial charge in [-0.3, -0.25) is 22.6 Å². The van der Waals surface area contributed by atoms with Crippen LogP contribution in [0, 0.1) is 0 Å². The molecule has 0 spiro atoms. The number of phosphoric acid groups is 7. The van der Waals surface area contributed by atoms with Gasteiger partial charge in [-0.2, -0.15) is 8.62 Å². The minimum absolute atomic E-state index is 3.16. The Morgan fingerprint density at radius 2 is 0.575 bits per heavy atom. The van der Waals surface area contributed by atoms with Gasteiger partial charge in [-0.25, -0.2) is 32.0 Å². The van der Waals surface area contributed by atoms with Crippen molar-refractivity contribution in [1.29, 1.82) is 0 Å². The number of hydrogen-bond donors (Lipinski definition) is 13. The number of aliphatic hydroxyl groups is 1. The second-order valence-electron chi connectivity index (χ2n) is 6.89. The normalized spacial score (nSPS) is 30.4. The highest BCUT2D eigenvalue weighted by atomic mass is 31.3. The smallest absolute Gasteiger partial charge is 0.387 e. The molecule has 0 aromatic heterocycles. The van der Waals surface area contributed by atoms with Gasteiger partial charge in [-0.1, -0.05) is 0 Å². The van der Waals surface area contributed by atoms with E-state index in [-0.39, 0.29) is 0 Å². The van der Waals surface area contributed by atoms with E-state index in [1.165, 1.54) is 0 Å². The quantitative estimate of drug-likeness (QED) is 0.0788. The Hall–Kier alpha value is 0.810. The third-order valence-corrected chi connectivity index (χ3v) is 9.60. The lowest BCUT2D eigenvalue weighted by Gasteiger charge is -2.47. The topological polar surface area (TPSA) is 447 Å². The van der Waals surface area contributed by atoms with Gasteiger partial charge in [0.2, 0.25) is 0 Å². The van der Waals surface area contributed by atoms with Gasteiger partial charge in [-0.05, 0) is 0 Å². The Labute approximate surface area is 219 Å². The Balaban J connectivity index is 3.95. The molecule has 0 aromatic rings. The van der Waals surface area contributed by atoms with Crippen molar-refractivity contribution in [3.05, 3.63) is 0 Å². The molecule has 27 nitrogen and oxygen atoms in total. The van der Waals surface area contributed by atoms with Crippen LogP contribution >= 0.6 is 54.8 Å². The predicted molar refractivity (Wildman–Crippen MR) is 112 cm³/mol. The number of rotatable bonds is 14. The van der Waals surface area contributed by atoms with E-state index in [1.54, 1.807) is 0 Å². The summed E-state index contributed by atoms with van der Waals surface area (Å²) in [6.45, 7) is 0. The highest BCUT2D eigenvalue weighted by Crippen LogP contribution is 2.63. The molecule has 1 fully saturated rings. The van der Waals surface area contributed by atoms with E-state index in [4.69, 9.17) is 29.4 Å². The van der Waals surface area contributed by atoms with Crippen molar-refractivity contribution >= 4 is 54.8 Å². The van der Waals surface area contributed by atoms with Crippen LogP contribution < -0.4 is 0 Å². The maximum absolute atomic E-state index is 12.2. The van der Waals surface area contributed by atoms with Gasteiger partial charge in [0.25, 0.3) is 0 Å². The van der Waals surface area contributed by atoms with Crippen LogP contribution in [-0.4, -0.2) is 100 Å². The molecule has 1 aliphatic rings. The molecule has 0 radical (unpaired) electrons. The number of aliphatic hydroxyl groups excluding tert-OH is 1. The Bertz CT molecular complexity index is 1230. The number of phosphoric ester groups is 5. The van der Waals surface area contributed by atoms with Gasteiger partial charge in [-0.15, -0.1) is 0 Å². The van der Waals surface area contributed by atoms with E-state index in [1.807, 2.05) is 0 Å². The molecular weight excluding hydrogens is 721 g/mol. The molecule has 0 amide bonds. The van der Waals surface area contributed by atoms with Crippen molar-refractivity contribution in [1.82, 2.24) is 0 Å². The van der Waals surface area contributed by atoms with Crippen LogP contribution in [0.1, 0.15) is 0 Å². The molecule has 40 heavy (non-hydrogen) atoms.